The van der Waals surface area contributed by atoms with Crippen LogP contribution in [0.15, 0.2) is 35.3 Å². The van der Waals surface area contributed by atoms with Crippen molar-refractivity contribution in [2.45, 2.75) is 0 Å². The van der Waals surface area contributed by atoms with Gasteiger partial charge in [0.2, 0.25) is 0 Å². The maximum atomic E-state index is 11.9. The molecule has 0 spiro atoms. The molecule has 0 fully saturated rings. The molecule has 0 aromatic heterocycles. The molecule has 20 heavy (non-hydrogen) atoms. The number of hydrogen-bond donors (Lipinski definition) is 1. The SMILES string of the molecule is COC(=O)[C@@H]1C(Nc2ccccc2)=NC[C@H]1C(=O)OC. The summed E-state index contributed by atoms with van der Waals surface area (Å²) in [6.45, 7) is 0.210. The summed E-state index contributed by atoms with van der Waals surface area (Å²) >= 11 is 0. The minimum atomic E-state index is -0.757. The molecule has 0 unspecified atom stereocenters. The summed E-state index contributed by atoms with van der Waals surface area (Å²) in [5.74, 6) is -1.93. The summed E-state index contributed by atoms with van der Waals surface area (Å²) in [6.07, 6.45) is 0. The van der Waals surface area contributed by atoms with E-state index in [9.17, 15) is 9.59 Å². The number of carbonyl (C=O) groups is 2. The first-order valence-corrected chi connectivity index (χ1v) is 6.19. The van der Waals surface area contributed by atoms with E-state index in [1.807, 2.05) is 30.3 Å². The molecule has 1 aliphatic rings. The van der Waals surface area contributed by atoms with Gasteiger partial charge in [0.1, 0.15) is 11.8 Å². The highest BCUT2D eigenvalue weighted by molar-refractivity contribution is 6.11. The van der Waals surface area contributed by atoms with E-state index in [1.165, 1.54) is 14.2 Å². The molecule has 1 N–H and O–H groups in total. The molecule has 0 saturated heterocycles. The van der Waals surface area contributed by atoms with E-state index in [0.29, 0.717) is 5.84 Å². The second kappa shape index (κ2) is 6.18. The Balaban J connectivity index is 2.19. The molecule has 1 heterocycles. The number of benzene rings is 1. The van der Waals surface area contributed by atoms with Crippen molar-refractivity contribution in [1.82, 2.24) is 0 Å². The van der Waals surface area contributed by atoms with Gasteiger partial charge in [0, 0.05) is 5.69 Å². The van der Waals surface area contributed by atoms with E-state index >= 15 is 0 Å². The van der Waals surface area contributed by atoms with Crippen molar-refractivity contribution in [1.29, 1.82) is 0 Å². The Labute approximate surface area is 116 Å². The summed E-state index contributed by atoms with van der Waals surface area (Å²) in [4.78, 5) is 27.8. The van der Waals surface area contributed by atoms with Crippen LogP contribution >= 0.6 is 0 Å². The second-order valence-electron chi connectivity index (χ2n) is 4.35. The number of amidine groups is 1. The van der Waals surface area contributed by atoms with Crippen LogP contribution in [0.1, 0.15) is 0 Å². The number of nitrogens with zero attached hydrogens (tertiary/aromatic N) is 1. The van der Waals surface area contributed by atoms with E-state index < -0.39 is 23.8 Å². The molecule has 0 amide bonds. The maximum absolute atomic E-state index is 11.9. The van der Waals surface area contributed by atoms with Gasteiger partial charge in [-0.05, 0) is 12.1 Å². The Kier molecular flexibility index (Phi) is 4.34. The van der Waals surface area contributed by atoms with Gasteiger partial charge in [0.25, 0.3) is 0 Å². The molecule has 106 valence electrons. The van der Waals surface area contributed by atoms with Crippen LogP contribution in [0.3, 0.4) is 0 Å². The van der Waals surface area contributed by atoms with Gasteiger partial charge in [-0.1, -0.05) is 18.2 Å². The molecule has 0 radical (unpaired) electrons. The van der Waals surface area contributed by atoms with E-state index in [2.05, 4.69) is 10.3 Å². The minimum Gasteiger partial charge on any atom is -0.469 e. The van der Waals surface area contributed by atoms with Crippen LogP contribution in [0.2, 0.25) is 0 Å². The van der Waals surface area contributed by atoms with Crippen molar-refractivity contribution in [3.05, 3.63) is 30.3 Å². The molecule has 1 aromatic carbocycles. The fraction of sp³-hybridized carbons (Fsp3) is 0.357. The highest BCUT2D eigenvalue weighted by atomic mass is 16.5. The third kappa shape index (κ3) is 2.79. The molecule has 6 heteroatoms. The van der Waals surface area contributed by atoms with Crippen molar-refractivity contribution < 1.29 is 19.1 Å². The van der Waals surface area contributed by atoms with Gasteiger partial charge in [0.05, 0.1) is 26.7 Å². The molecule has 6 nitrogen and oxygen atoms in total. The fourth-order valence-corrected chi connectivity index (χ4v) is 2.14. The van der Waals surface area contributed by atoms with E-state index in [0.717, 1.165) is 5.69 Å². The quantitative estimate of drug-likeness (QED) is 0.836. The monoisotopic (exact) mass is 276 g/mol. The fourth-order valence-electron chi connectivity index (χ4n) is 2.14. The molecule has 0 aliphatic carbocycles. The van der Waals surface area contributed by atoms with Crippen LogP contribution in [-0.2, 0) is 19.1 Å². The smallest absolute Gasteiger partial charge is 0.317 e. The van der Waals surface area contributed by atoms with Gasteiger partial charge in [-0.2, -0.15) is 0 Å². The summed E-state index contributed by atoms with van der Waals surface area (Å²) < 4.78 is 9.47. The zero-order valence-corrected chi connectivity index (χ0v) is 11.3. The number of para-hydroxylation sites is 1. The maximum Gasteiger partial charge on any atom is 0.317 e. The van der Waals surface area contributed by atoms with E-state index in [-0.39, 0.29) is 6.54 Å². The van der Waals surface area contributed by atoms with Gasteiger partial charge in [0.15, 0.2) is 0 Å². The number of rotatable bonds is 3. The Morgan fingerprint density at radius 3 is 2.40 bits per heavy atom. The lowest BCUT2D eigenvalue weighted by molar-refractivity contribution is -0.153. The highest BCUT2D eigenvalue weighted by Gasteiger charge is 2.43. The van der Waals surface area contributed by atoms with E-state index in [4.69, 9.17) is 9.47 Å². The number of anilines is 1. The Hall–Kier alpha value is -2.37. The molecular formula is C14H16N2O4. The summed E-state index contributed by atoms with van der Waals surface area (Å²) in [6, 6.07) is 9.31. The molecule has 0 bridgehead atoms. The van der Waals surface area contributed by atoms with Gasteiger partial charge >= 0.3 is 11.9 Å². The first kappa shape index (κ1) is 14.0. The van der Waals surface area contributed by atoms with Crippen LogP contribution in [0.4, 0.5) is 5.69 Å². The lowest BCUT2D eigenvalue weighted by Crippen LogP contribution is -2.37. The molecule has 2 atom stereocenters. The second-order valence-corrected chi connectivity index (χ2v) is 4.35. The van der Waals surface area contributed by atoms with Crippen molar-refractivity contribution in [3.63, 3.8) is 0 Å². The van der Waals surface area contributed by atoms with Gasteiger partial charge in [-0.25, -0.2) is 0 Å². The topological polar surface area (TPSA) is 77.0 Å². The average molecular weight is 276 g/mol. The van der Waals surface area contributed by atoms with Crippen molar-refractivity contribution >= 4 is 23.5 Å². The zero-order chi connectivity index (χ0) is 14.5. The highest BCUT2D eigenvalue weighted by Crippen LogP contribution is 2.25. The Morgan fingerprint density at radius 2 is 1.80 bits per heavy atom. The van der Waals surface area contributed by atoms with Crippen LogP contribution in [0.25, 0.3) is 0 Å². The first-order valence-electron chi connectivity index (χ1n) is 6.19. The van der Waals surface area contributed by atoms with Crippen LogP contribution in [0, 0.1) is 11.8 Å². The first-order chi connectivity index (χ1) is 9.67. The number of ether oxygens (including phenoxy) is 2. The normalized spacial score (nSPS) is 21.0. The number of methoxy groups -OCH3 is 2. The molecule has 1 aromatic rings. The van der Waals surface area contributed by atoms with Gasteiger partial charge < -0.3 is 14.8 Å². The predicted molar refractivity (Wildman–Crippen MR) is 73.4 cm³/mol. The van der Waals surface area contributed by atoms with Crippen molar-refractivity contribution in [3.8, 4) is 0 Å². The number of hydrogen-bond acceptors (Lipinski definition) is 6. The third-order valence-electron chi connectivity index (χ3n) is 3.16. The van der Waals surface area contributed by atoms with Crippen LogP contribution in [0.5, 0.6) is 0 Å². The summed E-state index contributed by atoms with van der Waals surface area (Å²) in [7, 11) is 2.58. The largest absolute Gasteiger partial charge is 0.469 e. The van der Waals surface area contributed by atoms with Crippen LogP contribution in [-0.4, -0.2) is 38.5 Å². The number of carbonyl (C=O) groups excluding carboxylic acids is 2. The Bertz CT molecular complexity index is 527. The lowest BCUT2D eigenvalue weighted by Gasteiger charge is -2.17. The zero-order valence-electron chi connectivity index (χ0n) is 11.3. The minimum absolute atomic E-state index is 0.210. The summed E-state index contributed by atoms with van der Waals surface area (Å²) in [5, 5.41) is 3.06. The van der Waals surface area contributed by atoms with Gasteiger partial charge in [-0.15, -0.1) is 0 Å². The summed E-state index contributed by atoms with van der Waals surface area (Å²) in [5.41, 5.74) is 0.797. The van der Waals surface area contributed by atoms with E-state index in [1.54, 1.807) is 0 Å². The van der Waals surface area contributed by atoms with Crippen molar-refractivity contribution in [2.75, 3.05) is 26.1 Å². The molecule has 2 rings (SSSR count). The Morgan fingerprint density at radius 1 is 1.15 bits per heavy atom. The number of esters is 2. The average Bonchev–Trinajstić information content (AvgIpc) is 2.90. The standard InChI is InChI=1S/C14H16N2O4/c1-19-13(17)10-8-15-12(11(10)14(18)20-2)16-9-6-4-3-5-7-9/h3-7,10-11H,8H2,1-2H3,(H,15,16)/t10-,11+/m1/s1. The van der Waals surface area contributed by atoms with Crippen LogP contribution < -0.4 is 5.32 Å². The van der Waals surface area contributed by atoms with Gasteiger partial charge in [-0.3, -0.25) is 14.6 Å². The molecule has 1 aliphatic heterocycles. The predicted octanol–water partition coefficient (Wildman–Crippen LogP) is 1.09. The van der Waals surface area contributed by atoms with Crippen molar-refractivity contribution in [2.24, 2.45) is 16.8 Å². The number of nitrogens with one attached hydrogen (secondary N) is 1. The third-order valence-corrected chi connectivity index (χ3v) is 3.16. The molecule has 0 saturated carbocycles. The molecular weight excluding hydrogens is 260 g/mol. The number of aliphatic imine (C=N–C) groups is 1. The lowest BCUT2D eigenvalue weighted by atomic mass is 9.94.